The molecular formula is C41H31NO. The van der Waals surface area contributed by atoms with Crippen LogP contribution in [0.25, 0.3) is 83.0 Å². The third-order valence-electron chi connectivity index (χ3n) is 8.73. The minimum absolute atomic E-state index is 0.939. The van der Waals surface area contributed by atoms with Crippen molar-refractivity contribution in [3.05, 3.63) is 139 Å². The van der Waals surface area contributed by atoms with Gasteiger partial charge < -0.3 is 9.40 Å². The highest BCUT2D eigenvalue weighted by Gasteiger charge is 2.14. The summed E-state index contributed by atoms with van der Waals surface area (Å²) < 4.78 is 6.26. The number of benzene rings is 6. The van der Waals surface area contributed by atoms with E-state index in [1.165, 1.54) is 71.3 Å². The van der Waals surface area contributed by atoms with Crippen molar-refractivity contribution >= 4 is 49.6 Å². The molecule has 1 N–H and O–H groups in total. The maximum atomic E-state index is 6.26. The zero-order valence-electron chi connectivity index (χ0n) is 24.3. The molecule has 6 aromatic carbocycles. The maximum Gasteiger partial charge on any atom is 0.135 e. The first kappa shape index (κ1) is 25.4. The summed E-state index contributed by atoms with van der Waals surface area (Å²) in [5, 5.41) is 6.21. The lowest BCUT2D eigenvalue weighted by Crippen LogP contribution is -1.85. The molecule has 8 aromatic rings. The van der Waals surface area contributed by atoms with Crippen LogP contribution < -0.4 is 0 Å². The van der Waals surface area contributed by atoms with Gasteiger partial charge in [-0.2, -0.15) is 0 Å². The van der Waals surface area contributed by atoms with Crippen LogP contribution in [0.3, 0.4) is 0 Å². The van der Waals surface area contributed by atoms with Gasteiger partial charge in [0.1, 0.15) is 11.3 Å². The van der Waals surface area contributed by atoms with Crippen LogP contribution in [0.4, 0.5) is 0 Å². The third-order valence-corrected chi connectivity index (χ3v) is 8.73. The lowest BCUT2D eigenvalue weighted by Gasteiger charge is -2.09. The smallest absolute Gasteiger partial charge is 0.135 e. The van der Waals surface area contributed by atoms with E-state index >= 15 is 0 Å². The van der Waals surface area contributed by atoms with Gasteiger partial charge in [0.25, 0.3) is 0 Å². The van der Waals surface area contributed by atoms with Crippen molar-refractivity contribution in [2.24, 2.45) is 0 Å². The SMILES string of the molecule is C/C=C\c1oc2cc(-c3cccc(-c4cccc(-c5cccc6c5[nH]c5c7ccccc7ccc65)c4)c3)ccc2c1CC. The zero-order valence-corrected chi connectivity index (χ0v) is 24.3. The van der Waals surface area contributed by atoms with E-state index in [1.54, 1.807) is 0 Å². The van der Waals surface area contributed by atoms with Gasteiger partial charge in [-0.25, -0.2) is 0 Å². The van der Waals surface area contributed by atoms with Gasteiger partial charge in [-0.05, 0) is 70.8 Å². The van der Waals surface area contributed by atoms with Crippen molar-refractivity contribution in [1.82, 2.24) is 4.98 Å². The lowest BCUT2D eigenvalue weighted by molar-refractivity contribution is 0.599. The molecule has 0 spiro atoms. The van der Waals surface area contributed by atoms with E-state index in [9.17, 15) is 0 Å². The second-order valence-electron chi connectivity index (χ2n) is 11.2. The number of rotatable bonds is 5. The number of aromatic nitrogens is 1. The van der Waals surface area contributed by atoms with Gasteiger partial charge >= 0.3 is 0 Å². The highest BCUT2D eigenvalue weighted by molar-refractivity contribution is 6.19. The van der Waals surface area contributed by atoms with Crippen LogP contribution in [0.1, 0.15) is 25.2 Å². The zero-order chi connectivity index (χ0) is 28.9. The van der Waals surface area contributed by atoms with Crippen molar-refractivity contribution in [3.8, 4) is 33.4 Å². The highest BCUT2D eigenvalue weighted by atomic mass is 16.3. The number of para-hydroxylation sites is 1. The number of aryl methyl sites for hydroxylation is 1. The summed E-state index contributed by atoms with van der Waals surface area (Å²) in [7, 11) is 0. The van der Waals surface area contributed by atoms with Gasteiger partial charge in [0, 0.05) is 32.7 Å². The fraction of sp³-hybridized carbons (Fsp3) is 0.0732. The summed E-state index contributed by atoms with van der Waals surface area (Å²) in [5.41, 5.74) is 11.7. The summed E-state index contributed by atoms with van der Waals surface area (Å²) >= 11 is 0. The van der Waals surface area contributed by atoms with Gasteiger partial charge in [-0.1, -0.05) is 116 Å². The number of nitrogens with one attached hydrogen (secondary N) is 1. The summed E-state index contributed by atoms with van der Waals surface area (Å²) in [6, 6.07) is 44.0. The monoisotopic (exact) mass is 553 g/mol. The van der Waals surface area contributed by atoms with Gasteiger partial charge in [-0.15, -0.1) is 0 Å². The van der Waals surface area contributed by atoms with Gasteiger partial charge in [-0.3, -0.25) is 0 Å². The average molecular weight is 554 g/mol. The molecule has 0 bridgehead atoms. The van der Waals surface area contributed by atoms with Gasteiger partial charge in [0.2, 0.25) is 0 Å². The predicted molar refractivity (Wildman–Crippen MR) is 183 cm³/mol. The van der Waals surface area contributed by atoms with E-state index in [-0.39, 0.29) is 0 Å². The van der Waals surface area contributed by atoms with Crippen molar-refractivity contribution in [3.63, 3.8) is 0 Å². The molecule has 8 rings (SSSR count). The Hall–Kier alpha value is -5.34. The number of allylic oxidation sites excluding steroid dienone is 1. The minimum Gasteiger partial charge on any atom is -0.456 e. The largest absolute Gasteiger partial charge is 0.456 e. The van der Waals surface area contributed by atoms with E-state index in [0.717, 1.165) is 23.3 Å². The van der Waals surface area contributed by atoms with E-state index in [0.29, 0.717) is 0 Å². The number of hydrogen-bond acceptors (Lipinski definition) is 1. The second kappa shape index (κ2) is 10.2. The predicted octanol–water partition coefficient (Wildman–Crippen LogP) is 11.8. The van der Waals surface area contributed by atoms with E-state index in [1.807, 2.05) is 13.0 Å². The molecule has 0 atom stereocenters. The fourth-order valence-corrected chi connectivity index (χ4v) is 6.65. The maximum absolute atomic E-state index is 6.26. The number of fused-ring (bicyclic) bond motifs is 6. The quantitative estimate of drug-likeness (QED) is 0.226. The number of H-pyrrole nitrogens is 1. The minimum atomic E-state index is 0.939. The molecule has 0 fully saturated rings. The number of aromatic amines is 1. The number of furan rings is 1. The molecule has 2 heteroatoms. The van der Waals surface area contributed by atoms with E-state index < -0.39 is 0 Å². The molecule has 206 valence electrons. The second-order valence-corrected chi connectivity index (χ2v) is 11.2. The first-order chi connectivity index (χ1) is 21.2. The highest BCUT2D eigenvalue weighted by Crippen LogP contribution is 2.38. The Labute approximate surface area is 250 Å². The van der Waals surface area contributed by atoms with Crippen molar-refractivity contribution in [1.29, 1.82) is 0 Å². The Bertz CT molecular complexity index is 2350. The van der Waals surface area contributed by atoms with Crippen LogP contribution in [-0.4, -0.2) is 4.98 Å². The van der Waals surface area contributed by atoms with Gasteiger partial charge in [0.15, 0.2) is 0 Å². The molecule has 0 saturated heterocycles. The van der Waals surface area contributed by atoms with Crippen LogP contribution >= 0.6 is 0 Å². The fourth-order valence-electron chi connectivity index (χ4n) is 6.65. The summed E-state index contributed by atoms with van der Waals surface area (Å²) in [4.78, 5) is 3.80. The van der Waals surface area contributed by atoms with Crippen LogP contribution in [0.2, 0.25) is 0 Å². The van der Waals surface area contributed by atoms with Crippen LogP contribution in [0.15, 0.2) is 132 Å². The Morgan fingerprint density at radius 2 is 1.23 bits per heavy atom. The third kappa shape index (κ3) is 4.18. The number of hydrogen-bond donors (Lipinski definition) is 1. The first-order valence-corrected chi connectivity index (χ1v) is 15.0. The molecule has 43 heavy (non-hydrogen) atoms. The summed E-state index contributed by atoms with van der Waals surface area (Å²) in [5.74, 6) is 0.959. The standard InChI is InChI=1S/C41H31NO/c1-3-10-38-32(4-2)35-21-20-30(25-39(35)43-38)28-13-7-12-27(23-28)29-14-8-15-31(24-29)34-17-9-18-36-37-22-19-26-11-5-6-16-33(26)40(37)42-41(34)36/h3,5-25,42H,4H2,1-2H3/b10-3-. The Kier molecular flexibility index (Phi) is 6.01. The summed E-state index contributed by atoms with van der Waals surface area (Å²) in [6.45, 7) is 4.21. The normalized spacial score (nSPS) is 12.0. The Morgan fingerprint density at radius 3 is 2.02 bits per heavy atom. The molecule has 2 nitrogen and oxygen atoms in total. The molecule has 0 aliphatic rings. The Morgan fingerprint density at radius 1 is 0.581 bits per heavy atom. The molecular weight excluding hydrogens is 522 g/mol. The van der Waals surface area contributed by atoms with Crippen LogP contribution in [0.5, 0.6) is 0 Å². The molecule has 0 unspecified atom stereocenters. The van der Waals surface area contributed by atoms with Crippen LogP contribution in [-0.2, 0) is 6.42 Å². The van der Waals surface area contributed by atoms with E-state index in [2.05, 4.69) is 139 Å². The van der Waals surface area contributed by atoms with E-state index in [4.69, 9.17) is 4.42 Å². The van der Waals surface area contributed by atoms with Crippen molar-refractivity contribution < 1.29 is 4.42 Å². The molecule has 0 aliphatic carbocycles. The molecule has 0 saturated carbocycles. The summed E-state index contributed by atoms with van der Waals surface area (Å²) in [6.07, 6.45) is 5.04. The topological polar surface area (TPSA) is 28.9 Å². The lowest BCUT2D eigenvalue weighted by atomic mass is 9.95. The average Bonchev–Trinajstić information content (AvgIpc) is 3.62. The van der Waals surface area contributed by atoms with Gasteiger partial charge in [0.05, 0.1) is 11.0 Å². The van der Waals surface area contributed by atoms with Crippen molar-refractivity contribution in [2.45, 2.75) is 20.3 Å². The van der Waals surface area contributed by atoms with Crippen molar-refractivity contribution in [2.75, 3.05) is 0 Å². The van der Waals surface area contributed by atoms with Crippen LogP contribution in [0, 0.1) is 0 Å². The molecule has 0 radical (unpaired) electrons. The molecule has 0 amide bonds. The first-order valence-electron chi connectivity index (χ1n) is 15.0. The molecule has 2 heterocycles. The molecule has 2 aromatic heterocycles. The Balaban J connectivity index is 1.21. The molecule has 0 aliphatic heterocycles.